The minimum Gasteiger partial charge on any atom is -0.465 e. The van der Waals surface area contributed by atoms with Crippen molar-refractivity contribution in [1.29, 1.82) is 0 Å². The summed E-state index contributed by atoms with van der Waals surface area (Å²) in [7, 11) is 0. The summed E-state index contributed by atoms with van der Waals surface area (Å²) < 4.78 is 0. The molecule has 3 aliphatic heterocycles. The summed E-state index contributed by atoms with van der Waals surface area (Å²) in [5, 5.41) is 25.4. The molecule has 0 aromatic heterocycles. The van der Waals surface area contributed by atoms with Crippen LogP contribution in [0.4, 0.5) is 14.4 Å². The van der Waals surface area contributed by atoms with Crippen LogP contribution in [0.3, 0.4) is 0 Å². The Morgan fingerprint density at radius 1 is 0.429 bits per heavy atom. The molecule has 0 spiro atoms. The van der Waals surface area contributed by atoms with E-state index >= 15 is 0 Å². The van der Waals surface area contributed by atoms with E-state index in [9.17, 15) is 14.4 Å². The largest absolute Gasteiger partial charge is 0.465 e. The van der Waals surface area contributed by atoms with Crippen molar-refractivity contribution in [2.45, 2.75) is 57.8 Å². The number of rotatable bonds is 0. The Morgan fingerprint density at radius 2 is 0.607 bits per heavy atom. The normalized spacial score (nSPS) is 19.1. The van der Waals surface area contributed by atoms with Crippen molar-refractivity contribution in [3.8, 4) is 0 Å². The second kappa shape index (κ2) is 14.8. The highest BCUT2D eigenvalue weighted by molar-refractivity contribution is 5.65. The highest BCUT2D eigenvalue weighted by atomic mass is 16.4. The van der Waals surface area contributed by atoms with E-state index in [1.165, 1.54) is 34.0 Å². The molecule has 10 nitrogen and oxygen atoms in total. The molecule has 0 atom stereocenters. The monoisotopic (exact) mass is 404 g/mol. The Labute approximate surface area is 166 Å². The zero-order chi connectivity index (χ0) is 20.1. The molecule has 0 aromatic rings. The van der Waals surface area contributed by atoms with Crippen molar-refractivity contribution in [3.63, 3.8) is 0 Å². The number of amides is 3. The van der Waals surface area contributed by atoms with Crippen LogP contribution in [-0.2, 0) is 0 Å². The molecule has 0 radical (unpaired) electrons. The predicted octanol–water partition coefficient (Wildman–Crippen LogP) is 3.61. The van der Waals surface area contributed by atoms with E-state index in [1.54, 1.807) is 0 Å². The number of hydrogen-bond acceptors (Lipinski definition) is 4. The van der Waals surface area contributed by atoms with E-state index in [0.29, 0.717) is 0 Å². The summed E-state index contributed by atoms with van der Waals surface area (Å²) >= 11 is 0. The van der Waals surface area contributed by atoms with Gasteiger partial charge in [0, 0.05) is 39.3 Å². The average molecular weight is 405 g/mol. The minimum atomic E-state index is -0.769. The predicted molar refractivity (Wildman–Crippen MR) is 105 cm³/mol. The quantitative estimate of drug-likeness (QED) is 0.480. The van der Waals surface area contributed by atoms with E-state index in [2.05, 4.69) is 0 Å². The van der Waals surface area contributed by atoms with E-state index in [0.717, 1.165) is 77.8 Å². The first-order valence-corrected chi connectivity index (χ1v) is 9.85. The summed E-state index contributed by atoms with van der Waals surface area (Å²) in [6.07, 6.45) is 7.45. The van der Waals surface area contributed by atoms with Gasteiger partial charge in [-0.3, -0.25) is 0 Å². The summed E-state index contributed by atoms with van der Waals surface area (Å²) in [6.45, 7) is 4.39. The maximum absolute atomic E-state index is 10.3. The van der Waals surface area contributed by atoms with E-state index < -0.39 is 18.3 Å². The van der Waals surface area contributed by atoms with Gasteiger partial charge in [-0.1, -0.05) is 0 Å². The highest BCUT2D eigenvalue weighted by Gasteiger charge is 2.15. The number of nitrogens with zero attached hydrogens (tertiary/aromatic N) is 3. The summed E-state index contributed by atoms with van der Waals surface area (Å²) in [6, 6.07) is 0. The molecule has 0 aromatic carbocycles. The molecule has 3 saturated heterocycles. The number of hydrogen-bond donors (Lipinski definition) is 4. The van der Waals surface area contributed by atoms with E-state index in [4.69, 9.17) is 15.3 Å². The van der Waals surface area contributed by atoms with Gasteiger partial charge in [-0.25, -0.2) is 14.4 Å². The molecule has 3 aliphatic rings. The standard InChI is InChI=1S/3C6H11NO2.H3N/c3*8-6(9)7-4-2-1-3-5-7;/h3*1-5H2,(H,8,9);1H3. The molecule has 3 amide bonds. The molecule has 10 heteroatoms. The fraction of sp³-hybridized carbons (Fsp3) is 0.833. The van der Waals surface area contributed by atoms with Gasteiger partial charge in [-0.05, 0) is 57.8 Å². The van der Waals surface area contributed by atoms with Gasteiger partial charge >= 0.3 is 18.3 Å². The third kappa shape index (κ3) is 10.8. The molecule has 0 unspecified atom stereocenters. The minimum absolute atomic E-state index is 0. The van der Waals surface area contributed by atoms with Crippen LogP contribution in [0.5, 0.6) is 0 Å². The third-order valence-corrected chi connectivity index (χ3v) is 4.88. The molecule has 3 heterocycles. The second-order valence-electron chi connectivity index (χ2n) is 6.99. The Kier molecular flexibility index (Phi) is 13.6. The maximum Gasteiger partial charge on any atom is 0.407 e. The van der Waals surface area contributed by atoms with Crippen LogP contribution in [0, 0.1) is 0 Å². The second-order valence-corrected chi connectivity index (χ2v) is 6.99. The van der Waals surface area contributed by atoms with Gasteiger partial charge < -0.3 is 36.2 Å². The molecule has 0 aliphatic carbocycles. The SMILES string of the molecule is N.O=C(O)N1CCCCC1.O=C(O)N1CCCCC1.O=C(O)N1CCCCC1. The van der Waals surface area contributed by atoms with Crippen LogP contribution in [0.2, 0.25) is 0 Å². The Balaban J connectivity index is 0.000000384. The van der Waals surface area contributed by atoms with Crippen molar-refractivity contribution in [1.82, 2.24) is 20.9 Å². The lowest BCUT2D eigenvalue weighted by Crippen LogP contribution is -2.34. The van der Waals surface area contributed by atoms with Crippen LogP contribution in [0.1, 0.15) is 57.8 Å². The fourth-order valence-corrected chi connectivity index (χ4v) is 3.26. The zero-order valence-corrected chi connectivity index (χ0v) is 16.7. The molecule has 6 N–H and O–H groups in total. The van der Waals surface area contributed by atoms with Gasteiger partial charge in [0.2, 0.25) is 0 Å². The van der Waals surface area contributed by atoms with Gasteiger partial charge in [0.1, 0.15) is 0 Å². The van der Waals surface area contributed by atoms with Gasteiger partial charge in [0.25, 0.3) is 0 Å². The van der Waals surface area contributed by atoms with Crippen LogP contribution in [0.15, 0.2) is 0 Å². The van der Waals surface area contributed by atoms with E-state index in [1.807, 2.05) is 0 Å². The number of carboxylic acid groups (broad SMARTS) is 3. The van der Waals surface area contributed by atoms with Gasteiger partial charge in [0.05, 0.1) is 0 Å². The first-order chi connectivity index (χ1) is 12.9. The molecule has 164 valence electrons. The number of likely N-dealkylation sites (tertiary alicyclic amines) is 3. The first-order valence-electron chi connectivity index (χ1n) is 9.85. The molecular formula is C18H36N4O6. The van der Waals surface area contributed by atoms with Crippen molar-refractivity contribution >= 4 is 18.3 Å². The Bertz CT molecular complexity index is 392. The zero-order valence-electron chi connectivity index (χ0n) is 16.7. The lowest BCUT2D eigenvalue weighted by Gasteiger charge is -2.22. The van der Waals surface area contributed by atoms with Crippen LogP contribution < -0.4 is 6.15 Å². The van der Waals surface area contributed by atoms with Crippen LogP contribution in [-0.4, -0.2) is 87.6 Å². The van der Waals surface area contributed by atoms with Crippen molar-refractivity contribution in [2.24, 2.45) is 0 Å². The molecule has 28 heavy (non-hydrogen) atoms. The fourth-order valence-electron chi connectivity index (χ4n) is 3.26. The van der Waals surface area contributed by atoms with Crippen molar-refractivity contribution in [2.75, 3.05) is 39.3 Å². The summed E-state index contributed by atoms with van der Waals surface area (Å²) in [5.74, 6) is 0. The van der Waals surface area contributed by atoms with Gasteiger partial charge in [0.15, 0.2) is 0 Å². The number of carbonyl (C=O) groups is 3. The third-order valence-electron chi connectivity index (χ3n) is 4.88. The topological polar surface area (TPSA) is 157 Å². The summed E-state index contributed by atoms with van der Waals surface area (Å²) in [5.41, 5.74) is 0. The molecular weight excluding hydrogens is 368 g/mol. The lowest BCUT2D eigenvalue weighted by molar-refractivity contribution is 0.135. The highest BCUT2D eigenvalue weighted by Crippen LogP contribution is 2.09. The molecule has 3 rings (SSSR count). The number of piperidine rings is 3. The first kappa shape index (κ1) is 25.8. The van der Waals surface area contributed by atoms with Crippen LogP contribution in [0.25, 0.3) is 0 Å². The maximum atomic E-state index is 10.3. The smallest absolute Gasteiger partial charge is 0.407 e. The molecule has 3 fully saturated rings. The Morgan fingerprint density at radius 3 is 0.714 bits per heavy atom. The van der Waals surface area contributed by atoms with Gasteiger partial charge in [-0.15, -0.1) is 0 Å². The average Bonchev–Trinajstić information content (AvgIpc) is 2.71. The van der Waals surface area contributed by atoms with E-state index in [-0.39, 0.29) is 6.15 Å². The Hall–Kier alpha value is -2.23. The molecule has 0 bridgehead atoms. The van der Waals surface area contributed by atoms with Crippen molar-refractivity contribution < 1.29 is 29.7 Å². The summed E-state index contributed by atoms with van der Waals surface area (Å²) in [4.78, 5) is 35.3. The van der Waals surface area contributed by atoms with Gasteiger partial charge in [-0.2, -0.15) is 0 Å². The lowest BCUT2D eigenvalue weighted by atomic mass is 10.1. The van der Waals surface area contributed by atoms with Crippen LogP contribution >= 0.6 is 0 Å². The molecule has 0 saturated carbocycles. The van der Waals surface area contributed by atoms with Crippen molar-refractivity contribution in [3.05, 3.63) is 0 Å².